The minimum absolute atomic E-state index is 0.135. The second-order valence-electron chi connectivity index (χ2n) is 8.52. The molecule has 3 heterocycles. The van der Waals surface area contributed by atoms with Gasteiger partial charge in [0.1, 0.15) is 17.4 Å². The summed E-state index contributed by atoms with van der Waals surface area (Å²) in [6.45, 7) is 6.43. The first-order valence-corrected chi connectivity index (χ1v) is 10.6. The molecule has 0 unspecified atom stereocenters. The molecule has 2 amide bonds. The van der Waals surface area contributed by atoms with Gasteiger partial charge >= 0.3 is 5.97 Å². The van der Waals surface area contributed by atoms with Crippen molar-refractivity contribution in [2.75, 3.05) is 25.6 Å². The maximum absolute atomic E-state index is 13.4. The second-order valence-corrected chi connectivity index (χ2v) is 8.52. The molecular formula is C23H28N2O6. The molecule has 2 bridgehead atoms. The molecule has 3 aliphatic rings. The first-order chi connectivity index (χ1) is 14.8. The van der Waals surface area contributed by atoms with Crippen molar-refractivity contribution in [1.29, 1.82) is 0 Å². The van der Waals surface area contributed by atoms with E-state index in [0.717, 1.165) is 5.75 Å². The third-order valence-electron chi connectivity index (χ3n) is 6.28. The van der Waals surface area contributed by atoms with Crippen molar-refractivity contribution in [2.24, 2.45) is 17.8 Å². The summed E-state index contributed by atoms with van der Waals surface area (Å²) in [5, 5.41) is 2.90. The Bertz CT molecular complexity index is 911. The van der Waals surface area contributed by atoms with Crippen LogP contribution in [0.2, 0.25) is 0 Å². The molecule has 1 spiro atoms. The number of likely N-dealkylation sites (tertiary alicyclic amines) is 1. The lowest BCUT2D eigenvalue weighted by Gasteiger charge is -2.30. The number of rotatable bonds is 7. The van der Waals surface area contributed by atoms with Gasteiger partial charge in [-0.2, -0.15) is 0 Å². The molecule has 8 nitrogen and oxygen atoms in total. The number of hydrogen-bond acceptors (Lipinski definition) is 6. The van der Waals surface area contributed by atoms with E-state index in [2.05, 4.69) is 5.32 Å². The largest absolute Gasteiger partial charge is 0.494 e. The topological polar surface area (TPSA) is 94.2 Å². The van der Waals surface area contributed by atoms with Crippen molar-refractivity contribution < 1.29 is 28.6 Å². The Morgan fingerprint density at radius 2 is 2.00 bits per heavy atom. The van der Waals surface area contributed by atoms with Crippen molar-refractivity contribution in [3.8, 4) is 5.75 Å². The van der Waals surface area contributed by atoms with Gasteiger partial charge in [-0.05, 0) is 37.1 Å². The number of nitrogens with one attached hydrogen (secondary N) is 1. The van der Waals surface area contributed by atoms with Gasteiger partial charge in [-0.1, -0.05) is 26.0 Å². The second kappa shape index (κ2) is 8.00. The number of nitrogens with zero attached hydrogens (tertiary/aromatic N) is 1. The third-order valence-corrected chi connectivity index (χ3v) is 6.28. The molecule has 0 aromatic heterocycles. The van der Waals surface area contributed by atoms with Crippen LogP contribution >= 0.6 is 0 Å². The monoisotopic (exact) mass is 428 g/mol. The number of ether oxygens (including phenoxy) is 3. The summed E-state index contributed by atoms with van der Waals surface area (Å²) in [4.78, 5) is 40.5. The Labute approximate surface area is 181 Å². The SMILES string of the molecule is CCOc1ccc(NC(=O)[C@@H]2[C@@H]3C=C[C@@]4(CN([C@H](C(=O)OC)C(C)C)C(=O)[C@H]24)O3)cc1. The number of hydrogen-bond donors (Lipinski definition) is 1. The molecule has 0 aliphatic carbocycles. The molecule has 3 aliphatic heterocycles. The molecule has 2 fully saturated rings. The van der Waals surface area contributed by atoms with E-state index in [4.69, 9.17) is 14.2 Å². The Hall–Kier alpha value is -2.87. The average Bonchev–Trinajstić information content (AvgIpc) is 3.38. The number of carbonyl (C=O) groups excluding carboxylic acids is 3. The fourth-order valence-electron chi connectivity index (χ4n) is 4.97. The van der Waals surface area contributed by atoms with Crippen LogP contribution in [0.4, 0.5) is 5.69 Å². The van der Waals surface area contributed by atoms with Crippen LogP contribution in [0.5, 0.6) is 5.75 Å². The van der Waals surface area contributed by atoms with Crippen LogP contribution in [-0.2, 0) is 23.9 Å². The Balaban J connectivity index is 1.56. The van der Waals surface area contributed by atoms with Gasteiger partial charge in [0.25, 0.3) is 0 Å². The molecular weight excluding hydrogens is 400 g/mol. The van der Waals surface area contributed by atoms with Crippen LogP contribution in [0.15, 0.2) is 36.4 Å². The molecule has 31 heavy (non-hydrogen) atoms. The quantitative estimate of drug-likeness (QED) is 0.527. The summed E-state index contributed by atoms with van der Waals surface area (Å²) in [6, 6.07) is 6.37. The van der Waals surface area contributed by atoms with Gasteiger partial charge < -0.3 is 24.4 Å². The molecule has 2 saturated heterocycles. The highest BCUT2D eigenvalue weighted by molar-refractivity contribution is 6.00. The van der Waals surface area contributed by atoms with Crippen molar-refractivity contribution in [3.05, 3.63) is 36.4 Å². The zero-order valence-corrected chi connectivity index (χ0v) is 18.2. The van der Waals surface area contributed by atoms with E-state index in [9.17, 15) is 14.4 Å². The summed E-state index contributed by atoms with van der Waals surface area (Å²) >= 11 is 0. The first-order valence-electron chi connectivity index (χ1n) is 10.6. The average molecular weight is 428 g/mol. The van der Waals surface area contributed by atoms with Crippen molar-refractivity contribution in [3.63, 3.8) is 0 Å². The predicted octanol–water partition coefficient (Wildman–Crippen LogP) is 2.00. The first kappa shape index (κ1) is 21.4. The number of esters is 1. The van der Waals surface area contributed by atoms with Gasteiger partial charge in [0.15, 0.2) is 0 Å². The van der Waals surface area contributed by atoms with E-state index in [1.807, 2.05) is 32.9 Å². The van der Waals surface area contributed by atoms with Crippen LogP contribution in [0, 0.1) is 17.8 Å². The van der Waals surface area contributed by atoms with E-state index in [1.165, 1.54) is 12.0 Å². The summed E-state index contributed by atoms with van der Waals surface area (Å²) in [7, 11) is 1.31. The van der Waals surface area contributed by atoms with Gasteiger partial charge in [-0.3, -0.25) is 9.59 Å². The molecule has 5 atom stereocenters. The van der Waals surface area contributed by atoms with Gasteiger partial charge in [0.05, 0.1) is 38.2 Å². The number of fused-ring (bicyclic) bond motifs is 1. The molecule has 4 rings (SSSR count). The number of carbonyl (C=O) groups is 3. The summed E-state index contributed by atoms with van der Waals surface area (Å²) in [5.74, 6) is -1.74. The van der Waals surface area contributed by atoms with Gasteiger partial charge in [0.2, 0.25) is 11.8 Å². The highest BCUT2D eigenvalue weighted by Crippen LogP contribution is 2.52. The number of amides is 2. The molecule has 1 N–H and O–H groups in total. The van der Waals surface area contributed by atoms with Crippen molar-refractivity contribution in [2.45, 2.75) is 38.5 Å². The Morgan fingerprint density at radius 1 is 1.29 bits per heavy atom. The van der Waals surface area contributed by atoms with Gasteiger partial charge in [-0.15, -0.1) is 0 Å². The van der Waals surface area contributed by atoms with Crippen LogP contribution in [-0.4, -0.2) is 60.7 Å². The van der Waals surface area contributed by atoms with E-state index in [1.54, 1.807) is 24.3 Å². The smallest absolute Gasteiger partial charge is 0.328 e. The maximum Gasteiger partial charge on any atom is 0.328 e. The highest BCUT2D eigenvalue weighted by atomic mass is 16.5. The zero-order valence-electron chi connectivity index (χ0n) is 18.2. The predicted molar refractivity (Wildman–Crippen MR) is 112 cm³/mol. The lowest BCUT2D eigenvalue weighted by atomic mass is 9.76. The van der Waals surface area contributed by atoms with E-state index >= 15 is 0 Å². The van der Waals surface area contributed by atoms with Crippen molar-refractivity contribution >= 4 is 23.5 Å². The molecule has 8 heteroatoms. The number of methoxy groups -OCH3 is 1. The molecule has 1 aromatic rings. The Kier molecular flexibility index (Phi) is 5.51. The summed E-state index contributed by atoms with van der Waals surface area (Å²) < 4.78 is 16.5. The third kappa shape index (κ3) is 3.48. The summed E-state index contributed by atoms with van der Waals surface area (Å²) in [5.41, 5.74) is -0.268. The van der Waals surface area contributed by atoms with Crippen LogP contribution in [0.25, 0.3) is 0 Å². The Morgan fingerprint density at radius 3 is 2.61 bits per heavy atom. The highest BCUT2D eigenvalue weighted by Gasteiger charge is 2.68. The maximum atomic E-state index is 13.4. The minimum Gasteiger partial charge on any atom is -0.494 e. The fourth-order valence-corrected chi connectivity index (χ4v) is 4.97. The fraction of sp³-hybridized carbons (Fsp3) is 0.522. The lowest BCUT2D eigenvalue weighted by molar-refractivity contribution is -0.154. The molecule has 166 valence electrons. The molecule has 0 radical (unpaired) electrons. The molecule has 0 saturated carbocycles. The van der Waals surface area contributed by atoms with Crippen molar-refractivity contribution in [1.82, 2.24) is 4.90 Å². The van der Waals surface area contributed by atoms with E-state index in [-0.39, 0.29) is 24.3 Å². The van der Waals surface area contributed by atoms with E-state index in [0.29, 0.717) is 12.3 Å². The molecule has 1 aromatic carbocycles. The van der Waals surface area contributed by atoms with Crippen LogP contribution in [0.1, 0.15) is 20.8 Å². The summed E-state index contributed by atoms with van der Waals surface area (Å²) in [6.07, 6.45) is 3.25. The van der Waals surface area contributed by atoms with Gasteiger partial charge in [0, 0.05) is 5.69 Å². The zero-order chi connectivity index (χ0) is 22.3. The minimum atomic E-state index is -0.885. The number of benzene rings is 1. The normalized spacial score (nSPS) is 29.3. The van der Waals surface area contributed by atoms with E-state index < -0.39 is 35.6 Å². The van der Waals surface area contributed by atoms with Crippen LogP contribution in [0.3, 0.4) is 0 Å². The van der Waals surface area contributed by atoms with Gasteiger partial charge in [-0.25, -0.2) is 4.79 Å². The van der Waals surface area contributed by atoms with Crippen LogP contribution < -0.4 is 10.1 Å². The lowest BCUT2D eigenvalue weighted by Crippen LogP contribution is -2.48. The standard InChI is InChI=1S/C23H28N2O6/c1-5-30-15-8-6-14(7-9-15)24-20(26)17-16-10-11-23(31-16)12-25(21(27)18(17)23)19(13(2)3)22(28)29-4/h6-11,13,16-19H,5,12H2,1-4H3,(H,24,26)/t16-,17+,18-,19-,23-/m0/s1. The number of anilines is 1.